The van der Waals surface area contributed by atoms with Crippen LogP contribution in [-0.4, -0.2) is 32.7 Å². The number of benzene rings is 1. The van der Waals surface area contributed by atoms with Crippen LogP contribution < -0.4 is 11.1 Å². The zero-order valence-electron chi connectivity index (χ0n) is 11.6. The quantitative estimate of drug-likeness (QED) is 0.843. The number of hydrogen-bond acceptors (Lipinski definition) is 5. The van der Waals surface area contributed by atoms with Crippen molar-refractivity contribution in [3.63, 3.8) is 0 Å². The zero-order chi connectivity index (χ0) is 14.5. The van der Waals surface area contributed by atoms with Crippen molar-refractivity contribution in [3.8, 4) is 5.69 Å². The van der Waals surface area contributed by atoms with E-state index in [4.69, 9.17) is 5.73 Å². The highest BCUT2D eigenvalue weighted by atomic mass is 16.1. The first kappa shape index (κ1) is 14.1. The monoisotopic (exact) mass is 274 g/mol. The van der Waals surface area contributed by atoms with Crippen LogP contribution in [0.2, 0.25) is 0 Å². The summed E-state index contributed by atoms with van der Waals surface area (Å²) in [6.45, 7) is 4.24. The maximum Gasteiger partial charge on any atom is 0.228 e. The summed E-state index contributed by atoms with van der Waals surface area (Å²) in [4.78, 5) is 12.0. The van der Waals surface area contributed by atoms with Gasteiger partial charge in [0.1, 0.15) is 6.33 Å². The lowest BCUT2D eigenvalue weighted by molar-refractivity contribution is -0.119. The standard InChI is InChI=1S/C13H18N6O/c1-3-10(7-14)13(20)16-11-5-4-9(2)12(6-11)19-8-15-17-18-19/h4-6,8,10H,3,7,14H2,1-2H3,(H,16,20). The molecule has 1 amide bonds. The molecule has 3 N–H and O–H groups in total. The van der Waals surface area contributed by atoms with Gasteiger partial charge in [0.15, 0.2) is 0 Å². The van der Waals surface area contributed by atoms with Crippen molar-refractivity contribution in [1.82, 2.24) is 20.2 Å². The number of nitrogens with two attached hydrogens (primary N) is 1. The predicted octanol–water partition coefficient (Wildman–Crippen LogP) is 0.894. The number of anilines is 1. The predicted molar refractivity (Wildman–Crippen MR) is 75.4 cm³/mol. The summed E-state index contributed by atoms with van der Waals surface area (Å²) in [6.07, 6.45) is 2.23. The van der Waals surface area contributed by atoms with Gasteiger partial charge in [-0.05, 0) is 41.5 Å². The van der Waals surface area contributed by atoms with Crippen LogP contribution in [0.25, 0.3) is 5.69 Å². The van der Waals surface area contributed by atoms with E-state index in [0.29, 0.717) is 18.7 Å². The molecule has 0 fully saturated rings. The number of rotatable bonds is 5. The Labute approximate surface area is 117 Å². The summed E-state index contributed by atoms with van der Waals surface area (Å²) in [5.74, 6) is -0.241. The van der Waals surface area contributed by atoms with Crippen molar-refractivity contribution in [2.45, 2.75) is 20.3 Å². The third kappa shape index (κ3) is 3.00. The van der Waals surface area contributed by atoms with E-state index < -0.39 is 0 Å². The Balaban J connectivity index is 2.22. The molecule has 1 heterocycles. The number of aryl methyl sites for hydroxylation is 1. The lowest BCUT2D eigenvalue weighted by Crippen LogP contribution is -2.28. The molecule has 0 spiro atoms. The van der Waals surface area contributed by atoms with Gasteiger partial charge in [0.25, 0.3) is 0 Å². The van der Waals surface area contributed by atoms with Crippen molar-refractivity contribution in [3.05, 3.63) is 30.1 Å². The fourth-order valence-electron chi connectivity index (χ4n) is 1.91. The molecule has 0 saturated carbocycles. The second kappa shape index (κ2) is 6.25. The van der Waals surface area contributed by atoms with E-state index in [1.807, 2.05) is 32.0 Å². The van der Waals surface area contributed by atoms with Crippen LogP contribution in [0.4, 0.5) is 5.69 Å². The number of carbonyl (C=O) groups excluding carboxylic acids is 1. The van der Waals surface area contributed by atoms with Crippen LogP contribution in [0.1, 0.15) is 18.9 Å². The Kier molecular flexibility index (Phi) is 4.41. The average Bonchev–Trinajstić information content (AvgIpc) is 2.96. The van der Waals surface area contributed by atoms with Gasteiger partial charge in [0.2, 0.25) is 5.91 Å². The minimum Gasteiger partial charge on any atom is -0.330 e. The molecule has 0 aliphatic rings. The number of hydrogen-bond donors (Lipinski definition) is 2. The molecule has 1 aromatic carbocycles. The van der Waals surface area contributed by atoms with Crippen LogP contribution in [0.15, 0.2) is 24.5 Å². The molecule has 1 atom stereocenters. The molecule has 1 aromatic heterocycles. The van der Waals surface area contributed by atoms with Gasteiger partial charge in [0, 0.05) is 12.2 Å². The van der Waals surface area contributed by atoms with Crippen molar-refractivity contribution in [1.29, 1.82) is 0 Å². The molecule has 0 aliphatic carbocycles. The lowest BCUT2D eigenvalue weighted by Gasteiger charge is -2.14. The van der Waals surface area contributed by atoms with Crippen molar-refractivity contribution in [2.24, 2.45) is 11.7 Å². The Morgan fingerprint density at radius 3 is 2.90 bits per heavy atom. The molecule has 2 rings (SSSR count). The Bertz CT molecular complexity index is 577. The third-order valence-electron chi connectivity index (χ3n) is 3.22. The summed E-state index contributed by atoms with van der Waals surface area (Å²) in [5.41, 5.74) is 8.13. The van der Waals surface area contributed by atoms with Gasteiger partial charge in [-0.3, -0.25) is 4.79 Å². The topological polar surface area (TPSA) is 98.7 Å². The average molecular weight is 274 g/mol. The highest BCUT2D eigenvalue weighted by Crippen LogP contribution is 2.19. The number of aromatic nitrogens is 4. The minimum atomic E-state index is -0.173. The summed E-state index contributed by atoms with van der Waals surface area (Å²) in [5, 5.41) is 14.0. The third-order valence-corrected chi connectivity index (χ3v) is 3.22. The number of amides is 1. The first-order chi connectivity index (χ1) is 9.65. The van der Waals surface area contributed by atoms with E-state index in [-0.39, 0.29) is 11.8 Å². The number of tetrazole rings is 1. The summed E-state index contributed by atoms with van der Waals surface area (Å²) in [6, 6.07) is 5.60. The van der Waals surface area contributed by atoms with Gasteiger partial charge in [-0.15, -0.1) is 5.10 Å². The summed E-state index contributed by atoms with van der Waals surface area (Å²) >= 11 is 0. The molecule has 0 aliphatic heterocycles. The molecule has 7 nitrogen and oxygen atoms in total. The SMILES string of the molecule is CCC(CN)C(=O)Nc1ccc(C)c(-n2cnnn2)c1. The van der Waals surface area contributed by atoms with Gasteiger partial charge in [-0.2, -0.15) is 0 Å². The molecule has 20 heavy (non-hydrogen) atoms. The summed E-state index contributed by atoms with van der Waals surface area (Å²) < 4.78 is 1.56. The van der Waals surface area contributed by atoms with Gasteiger partial charge in [0.05, 0.1) is 11.6 Å². The largest absolute Gasteiger partial charge is 0.330 e. The Morgan fingerprint density at radius 2 is 2.30 bits per heavy atom. The molecule has 7 heteroatoms. The van der Waals surface area contributed by atoms with Gasteiger partial charge < -0.3 is 11.1 Å². The van der Waals surface area contributed by atoms with Crippen LogP contribution in [0.3, 0.4) is 0 Å². The van der Waals surface area contributed by atoms with Crippen LogP contribution in [0, 0.1) is 12.8 Å². The molecule has 2 aromatic rings. The van der Waals surface area contributed by atoms with Crippen molar-refractivity contribution >= 4 is 11.6 Å². The normalized spacial score (nSPS) is 12.2. The van der Waals surface area contributed by atoms with E-state index in [1.165, 1.54) is 6.33 Å². The highest BCUT2D eigenvalue weighted by molar-refractivity contribution is 5.93. The van der Waals surface area contributed by atoms with E-state index in [0.717, 1.165) is 11.3 Å². The van der Waals surface area contributed by atoms with E-state index in [1.54, 1.807) is 4.68 Å². The second-order valence-electron chi connectivity index (χ2n) is 4.59. The molecule has 0 radical (unpaired) electrons. The minimum absolute atomic E-state index is 0.0680. The molecular formula is C13H18N6O. The molecular weight excluding hydrogens is 256 g/mol. The first-order valence-electron chi connectivity index (χ1n) is 6.50. The van der Waals surface area contributed by atoms with E-state index in [2.05, 4.69) is 20.8 Å². The lowest BCUT2D eigenvalue weighted by atomic mass is 10.1. The van der Waals surface area contributed by atoms with Crippen LogP contribution in [-0.2, 0) is 4.79 Å². The van der Waals surface area contributed by atoms with E-state index >= 15 is 0 Å². The summed E-state index contributed by atoms with van der Waals surface area (Å²) in [7, 11) is 0. The Morgan fingerprint density at radius 1 is 1.50 bits per heavy atom. The van der Waals surface area contributed by atoms with E-state index in [9.17, 15) is 4.79 Å². The van der Waals surface area contributed by atoms with Crippen LogP contribution in [0.5, 0.6) is 0 Å². The van der Waals surface area contributed by atoms with Gasteiger partial charge in [-0.1, -0.05) is 13.0 Å². The fourth-order valence-corrected chi connectivity index (χ4v) is 1.91. The van der Waals surface area contributed by atoms with Gasteiger partial charge >= 0.3 is 0 Å². The molecule has 1 unspecified atom stereocenters. The Hall–Kier alpha value is -2.28. The van der Waals surface area contributed by atoms with Gasteiger partial charge in [-0.25, -0.2) is 4.68 Å². The molecule has 0 bridgehead atoms. The maximum atomic E-state index is 12.0. The maximum absolute atomic E-state index is 12.0. The number of nitrogens with one attached hydrogen (secondary N) is 1. The highest BCUT2D eigenvalue weighted by Gasteiger charge is 2.15. The number of carbonyl (C=O) groups is 1. The first-order valence-corrected chi connectivity index (χ1v) is 6.50. The zero-order valence-corrected chi connectivity index (χ0v) is 11.6. The molecule has 0 saturated heterocycles. The van der Waals surface area contributed by atoms with Crippen LogP contribution >= 0.6 is 0 Å². The number of nitrogens with zero attached hydrogens (tertiary/aromatic N) is 4. The molecule has 106 valence electrons. The smallest absolute Gasteiger partial charge is 0.228 e. The fraction of sp³-hybridized carbons (Fsp3) is 0.385. The van der Waals surface area contributed by atoms with Crippen molar-refractivity contribution in [2.75, 3.05) is 11.9 Å². The van der Waals surface area contributed by atoms with Crippen molar-refractivity contribution < 1.29 is 4.79 Å². The second-order valence-corrected chi connectivity index (χ2v) is 4.59.